The molecule has 0 fully saturated rings. The fraction of sp³-hybridized carbons (Fsp3) is 0.750. The number of ether oxygens (including phenoxy) is 2. The number of aromatic nitrogens is 1. The van der Waals surface area contributed by atoms with Crippen molar-refractivity contribution in [3.8, 4) is 5.75 Å². The summed E-state index contributed by atoms with van der Waals surface area (Å²) in [5.74, 6) is 1.16. The van der Waals surface area contributed by atoms with E-state index in [1.165, 1.54) is 11.5 Å². The first kappa shape index (κ1) is 15.0. The van der Waals surface area contributed by atoms with Crippen LogP contribution in [0, 0.1) is 0 Å². The summed E-state index contributed by atoms with van der Waals surface area (Å²) >= 11 is 1.38. The van der Waals surface area contributed by atoms with Gasteiger partial charge in [0.15, 0.2) is 16.6 Å². The minimum Gasteiger partial charge on any atom is -0.484 e. The van der Waals surface area contributed by atoms with Gasteiger partial charge in [0.1, 0.15) is 0 Å². The van der Waals surface area contributed by atoms with Crippen molar-refractivity contribution in [2.45, 2.75) is 39.8 Å². The fourth-order valence-electron chi connectivity index (χ4n) is 1.80. The van der Waals surface area contributed by atoms with Gasteiger partial charge in [-0.1, -0.05) is 0 Å². The molecular weight excluding hydrogens is 250 g/mol. The lowest BCUT2D eigenvalue weighted by Gasteiger charge is -2.28. The van der Waals surface area contributed by atoms with Crippen LogP contribution in [0.15, 0.2) is 0 Å². The van der Waals surface area contributed by atoms with Crippen LogP contribution in [-0.2, 0) is 4.74 Å². The largest absolute Gasteiger partial charge is 0.484 e. The molecule has 0 spiro atoms. The lowest BCUT2D eigenvalue weighted by Crippen LogP contribution is -2.35. The molecule has 0 aliphatic rings. The van der Waals surface area contributed by atoms with E-state index in [1.807, 2.05) is 13.8 Å². The highest BCUT2D eigenvalue weighted by Crippen LogP contribution is 2.39. The molecule has 1 unspecified atom stereocenters. The molecule has 1 aromatic heterocycles. The maximum Gasteiger partial charge on any atom is 0.198 e. The van der Waals surface area contributed by atoms with E-state index in [-0.39, 0.29) is 12.1 Å². The summed E-state index contributed by atoms with van der Waals surface area (Å²) in [5.41, 5.74) is 5.87. The van der Waals surface area contributed by atoms with E-state index >= 15 is 0 Å². The van der Waals surface area contributed by atoms with Crippen molar-refractivity contribution in [2.24, 2.45) is 0 Å². The zero-order valence-electron chi connectivity index (χ0n) is 11.8. The van der Waals surface area contributed by atoms with Crippen LogP contribution in [0.5, 0.6) is 5.75 Å². The number of nitrogen functional groups attached to an aromatic ring is 1. The Morgan fingerprint density at radius 3 is 2.56 bits per heavy atom. The second kappa shape index (κ2) is 6.80. The van der Waals surface area contributed by atoms with Crippen molar-refractivity contribution in [3.63, 3.8) is 0 Å². The Bertz CT molecular complexity index is 368. The zero-order chi connectivity index (χ0) is 13.7. The molecule has 0 amide bonds. The molecule has 0 saturated carbocycles. The maximum absolute atomic E-state index is 5.87. The van der Waals surface area contributed by atoms with Crippen LogP contribution < -0.4 is 15.4 Å². The maximum atomic E-state index is 5.87. The molecule has 0 aliphatic carbocycles. The van der Waals surface area contributed by atoms with E-state index < -0.39 is 0 Å². The lowest BCUT2D eigenvalue weighted by molar-refractivity contribution is 0.181. The Balaban J connectivity index is 2.98. The molecule has 1 rings (SSSR count). The van der Waals surface area contributed by atoms with Gasteiger partial charge in [-0.2, -0.15) is 4.37 Å². The van der Waals surface area contributed by atoms with Gasteiger partial charge in [0.25, 0.3) is 0 Å². The van der Waals surface area contributed by atoms with Crippen molar-refractivity contribution in [2.75, 3.05) is 30.9 Å². The quantitative estimate of drug-likeness (QED) is 0.826. The predicted molar refractivity (Wildman–Crippen MR) is 76.6 cm³/mol. The third-order valence-electron chi connectivity index (χ3n) is 2.55. The number of nitrogens with two attached hydrogens (primary N) is 1. The van der Waals surface area contributed by atoms with Gasteiger partial charge in [-0.05, 0) is 39.2 Å². The molecule has 18 heavy (non-hydrogen) atoms. The first-order valence-corrected chi connectivity index (χ1v) is 6.95. The standard InChI is InChI=1S/C12H23N3O2S/c1-6-15(9(4)7-16-5)12-10(17-8(2)3)11(13)14-18-12/h8-9H,6-7H2,1-5H3,(H2,13,14). The highest BCUT2D eigenvalue weighted by atomic mass is 32.1. The van der Waals surface area contributed by atoms with Crippen molar-refractivity contribution < 1.29 is 9.47 Å². The van der Waals surface area contributed by atoms with Crippen LogP contribution in [-0.4, -0.2) is 36.8 Å². The van der Waals surface area contributed by atoms with Crippen LogP contribution in [0.25, 0.3) is 0 Å². The molecule has 0 radical (unpaired) electrons. The van der Waals surface area contributed by atoms with E-state index in [1.54, 1.807) is 7.11 Å². The Morgan fingerprint density at radius 2 is 2.06 bits per heavy atom. The van der Waals surface area contributed by atoms with Gasteiger partial charge in [0, 0.05) is 13.7 Å². The first-order valence-electron chi connectivity index (χ1n) is 6.18. The highest BCUT2D eigenvalue weighted by molar-refractivity contribution is 7.11. The molecule has 5 nitrogen and oxygen atoms in total. The van der Waals surface area contributed by atoms with Gasteiger partial charge < -0.3 is 20.1 Å². The zero-order valence-corrected chi connectivity index (χ0v) is 12.6. The Morgan fingerprint density at radius 1 is 1.39 bits per heavy atom. The number of hydrogen-bond donors (Lipinski definition) is 1. The summed E-state index contributed by atoms with van der Waals surface area (Å²) in [6.07, 6.45) is 0.0823. The monoisotopic (exact) mass is 273 g/mol. The average molecular weight is 273 g/mol. The summed E-state index contributed by atoms with van der Waals surface area (Å²) in [7, 11) is 1.71. The van der Waals surface area contributed by atoms with E-state index in [2.05, 4.69) is 23.1 Å². The summed E-state index contributed by atoms with van der Waals surface area (Å²) in [4.78, 5) is 2.20. The van der Waals surface area contributed by atoms with E-state index in [0.717, 1.165) is 11.5 Å². The molecule has 104 valence electrons. The highest BCUT2D eigenvalue weighted by Gasteiger charge is 2.22. The van der Waals surface area contributed by atoms with Crippen molar-refractivity contribution in [1.82, 2.24) is 4.37 Å². The summed E-state index contributed by atoms with van der Waals surface area (Å²) in [6.45, 7) is 9.70. The van der Waals surface area contributed by atoms with Crippen molar-refractivity contribution >= 4 is 22.4 Å². The number of methoxy groups -OCH3 is 1. The SMILES string of the molecule is CCN(c1snc(N)c1OC(C)C)C(C)COC. The average Bonchev–Trinajstić information content (AvgIpc) is 2.63. The van der Waals surface area contributed by atoms with Gasteiger partial charge in [-0.3, -0.25) is 0 Å². The normalized spacial score (nSPS) is 12.8. The van der Waals surface area contributed by atoms with Gasteiger partial charge in [0.05, 0.1) is 18.8 Å². The Kier molecular flexibility index (Phi) is 5.68. The molecule has 0 saturated heterocycles. The minimum atomic E-state index is 0.0823. The molecule has 6 heteroatoms. The Labute approximate surface area is 113 Å². The number of hydrogen-bond acceptors (Lipinski definition) is 6. The van der Waals surface area contributed by atoms with E-state index in [4.69, 9.17) is 15.2 Å². The molecule has 1 atom stereocenters. The number of rotatable bonds is 7. The van der Waals surface area contributed by atoms with Crippen LogP contribution >= 0.6 is 11.5 Å². The first-order chi connectivity index (χ1) is 8.51. The molecule has 0 bridgehead atoms. The number of nitrogens with zero attached hydrogens (tertiary/aromatic N) is 2. The predicted octanol–water partition coefficient (Wildman–Crippen LogP) is 2.37. The molecule has 2 N–H and O–H groups in total. The van der Waals surface area contributed by atoms with Crippen LogP contribution in [0.3, 0.4) is 0 Å². The van der Waals surface area contributed by atoms with Crippen LogP contribution in [0.1, 0.15) is 27.7 Å². The third-order valence-corrected chi connectivity index (χ3v) is 3.43. The van der Waals surface area contributed by atoms with E-state index in [9.17, 15) is 0 Å². The number of likely N-dealkylation sites (N-methyl/N-ethyl adjacent to an activating group) is 1. The second-order valence-corrected chi connectivity index (χ2v) is 5.21. The molecule has 1 aromatic rings. The molecular formula is C12H23N3O2S. The summed E-state index contributed by atoms with van der Waals surface area (Å²) < 4.78 is 15.2. The molecule has 0 aromatic carbocycles. The van der Waals surface area contributed by atoms with Gasteiger partial charge in [-0.25, -0.2) is 0 Å². The van der Waals surface area contributed by atoms with E-state index in [0.29, 0.717) is 18.2 Å². The fourth-order valence-corrected chi connectivity index (χ4v) is 2.72. The van der Waals surface area contributed by atoms with Gasteiger partial charge >= 0.3 is 0 Å². The summed E-state index contributed by atoms with van der Waals surface area (Å²) in [6, 6.07) is 0.259. The minimum absolute atomic E-state index is 0.0823. The van der Waals surface area contributed by atoms with Crippen LogP contribution in [0.2, 0.25) is 0 Å². The van der Waals surface area contributed by atoms with Crippen molar-refractivity contribution in [1.29, 1.82) is 0 Å². The smallest absolute Gasteiger partial charge is 0.198 e. The van der Waals surface area contributed by atoms with Crippen LogP contribution in [0.4, 0.5) is 10.8 Å². The summed E-state index contributed by atoms with van der Waals surface area (Å²) in [5, 5.41) is 0.980. The third kappa shape index (κ3) is 3.49. The molecule has 0 aliphatic heterocycles. The van der Waals surface area contributed by atoms with Gasteiger partial charge in [0.2, 0.25) is 0 Å². The van der Waals surface area contributed by atoms with Gasteiger partial charge in [-0.15, -0.1) is 0 Å². The van der Waals surface area contributed by atoms with Crippen molar-refractivity contribution in [3.05, 3.63) is 0 Å². The number of anilines is 2. The topological polar surface area (TPSA) is 60.6 Å². The lowest BCUT2D eigenvalue weighted by atomic mass is 10.3. The Hall–Kier alpha value is -1.01. The second-order valence-electron chi connectivity index (χ2n) is 4.46. The molecule has 1 heterocycles.